The molecule has 0 heterocycles. The molecule has 3 fully saturated rings. The molecule has 0 aromatic carbocycles. The van der Waals surface area contributed by atoms with Crippen molar-refractivity contribution in [3.05, 3.63) is 11.6 Å². The summed E-state index contributed by atoms with van der Waals surface area (Å²) in [6.07, 6.45) is 17.8. The normalized spacial score (nSPS) is 36.5. The second-order valence-electron chi connectivity index (χ2n) is 14.4. The van der Waals surface area contributed by atoms with Gasteiger partial charge in [0.25, 0.3) is 0 Å². The van der Waals surface area contributed by atoms with Crippen molar-refractivity contribution in [3.63, 3.8) is 0 Å². The Morgan fingerprint density at radius 2 is 1.97 bits per heavy atom. The van der Waals surface area contributed by atoms with Gasteiger partial charge >= 0.3 is 170 Å². The standard InChI is InChI=1S/C33H58BIN2O2/c1-23(2)7-6-8-24(3)28-11-12-29-27-10-9-25-21-26(39-31(38)37-20-18-35-22-34-17-19-36)13-15-32(25,4)30(27)14-16-33(28,29)5/h9,23-24,26-30H,6-8,10-22,36H2,1-5H3,(H,37,38)/q-1/t24-,26?,27+,28-,29+,30+,32+,33-/m1/s1. The SMILES string of the molecule is CC(C)CCC[C@@H](C)[C@H]1CC[C@H]2[C@@H]3CC=C4CC(OC(=O)NCC[I-]C[B]CCN)CC[C@]4(C)[C@H]3CC[C@]12C. The van der Waals surface area contributed by atoms with E-state index >= 15 is 0 Å². The van der Waals surface area contributed by atoms with E-state index < -0.39 is 0 Å². The fourth-order valence-corrected chi connectivity index (χ4v) is 11.5. The first-order valence-corrected chi connectivity index (χ1v) is 19.4. The third kappa shape index (κ3) is 7.41. The summed E-state index contributed by atoms with van der Waals surface area (Å²) in [4.78, 5) is 12.5. The first-order valence-electron chi connectivity index (χ1n) is 16.4. The molecular weight excluding hydrogens is 594 g/mol. The smallest absolute Gasteiger partial charge is 0.0591 e. The summed E-state index contributed by atoms with van der Waals surface area (Å²) in [7, 11) is 2.29. The molecule has 223 valence electrons. The zero-order chi connectivity index (χ0) is 28.0. The van der Waals surface area contributed by atoms with Gasteiger partial charge in [0.05, 0.1) is 0 Å². The van der Waals surface area contributed by atoms with Gasteiger partial charge in [-0.2, -0.15) is 0 Å². The molecule has 0 spiro atoms. The fraction of sp³-hybridized carbons (Fsp3) is 0.909. The topological polar surface area (TPSA) is 64.3 Å². The molecule has 1 unspecified atom stereocenters. The number of ether oxygens (including phenoxy) is 1. The molecule has 1 amide bonds. The fourth-order valence-electron chi connectivity index (χ4n) is 9.51. The number of allylic oxidation sites excluding steroid dienone is 1. The summed E-state index contributed by atoms with van der Waals surface area (Å²) in [6, 6.07) is 0. The predicted molar refractivity (Wildman–Crippen MR) is 161 cm³/mol. The zero-order valence-corrected chi connectivity index (χ0v) is 27.9. The van der Waals surface area contributed by atoms with Crippen molar-refractivity contribution in [2.45, 2.75) is 118 Å². The number of nitrogens with two attached hydrogens (primary N) is 1. The van der Waals surface area contributed by atoms with Crippen LogP contribution in [0.4, 0.5) is 4.79 Å². The summed E-state index contributed by atoms with van der Waals surface area (Å²) in [5, 5.41) is 3.02. The number of hydrogen-bond donors (Lipinski definition) is 2. The van der Waals surface area contributed by atoms with Crippen molar-refractivity contribution < 1.29 is 30.7 Å². The minimum absolute atomic E-state index is 0.0462. The minimum atomic E-state index is -0.208. The Balaban J connectivity index is 1.29. The molecule has 8 atom stereocenters. The quantitative estimate of drug-likeness (QED) is 0.103. The van der Waals surface area contributed by atoms with Crippen LogP contribution in [-0.4, -0.2) is 41.3 Å². The molecule has 3 N–H and O–H groups in total. The van der Waals surface area contributed by atoms with Gasteiger partial charge in [-0.05, 0) is 36.0 Å². The van der Waals surface area contributed by atoms with Gasteiger partial charge in [-0.3, -0.25) is 0 Å². The van der Waals surface area contributed by atoms with E-state index in [1.54, 1.807) is 5.57 Å². The number of carbonyl (C=O) groups excluding carboxylic acids is 1. The molecule has 4 aliphatic carbocycles. The van der Waals surface area contributed by atoms with Crippen LogP contribution in [0.1, 0.15) is 105 Å². The second-order valence-corrected chi connectivity index (χ2v) is 17.4. The van der Waals surface area contributed by atoms with Crippen molar-refractivity contribution in [1.29, 1.82) is 0 Å². The molecule has 39 heavy (non-hydrogen) atoms. The number of halogens is 1. The molecule has 0 aromatic heterocycles. The Kier molecular flexibility index (Phi) is 11.6. The van der Waals surface area contributed by atoms with E-state index in [1.165, 1.54) is 62.1 Å². The Labute approximate surface area is 251 Å². The number of alkyl halides is 2. The molecular formula is C33H58BIN2O2-. The van der Waals surface area contributed by atoms with E-state index in [9.17, 15) is 4.79 Å². The Bertz CT molecular complexity index is 837. The monoisotopic (exact) mass is 652 g/mol. The van der Waals surface area contributed by atoms with Crippen molar-refractivity contribution in [2.75, 3.05) is 21.8 Å². The van der Waals surface area contributed by atoms with Gasteiger partial charge in [0, 0.05) is 0 Å². The van der Waals surface area contributed by atoms with Crippen LogP contribution in [0, 0.1) is 46.3 Å². The Morgan fingerprint density at radius 3 is 2.74 bits per heavy atom. The van der Waals surface area contributed by atoms with Crippen molar-refractivity contribution in [2.24, 2.45) is 52.1 Å². The second kappa shape index (κ2) is 14.3. The summed E-state index contributed by atoms with van der Waals surface area (Å²) in [6.45, 7) is 14.1. The molecule has 0 aromatic rings. The van der Waals surface area contributed by atoms with Crippen LogP contribution in [0.5, 0.6) is 0 Å². The van der Waals surface area contributed by atoms with Gasteiger partial charge < -0.3 is 0 Å². The maximum atomic E-state index is 12.5. The van der Waals surface area contributed by atoms with Crippen molar-refractivity contribution >= 4 is 13.4 Å². The van der Waals surface area contributed by atoms with Crippen LogP contribution in [0.3, 0.4) is 0 Å². The molecule has 3 saturated carbocycles. The van der Waals surface area contributed by atoms with Crippen LogP contribution in [0.25, 0.3) is 0 Å². The number of nitrogens with one attached hydrogen (secondary N) is 1. The molecule has 4 aliphatic rings. The van der Waals surface area contributed by atoms with E-state index in [4.69, 9.17) is 10.5 Å². The average molecular weight is 653 g/mol. The summed E-state index contributed by atoms with van der Waals surface area (Å²) in [5.41, 5.74) is 8.01. The summed E-state index contributed by atoms with van der Waals surface area (Å²) >= 11 is 0.123. The van der Waals surface area contributed by atoms with Crippen molar-refractivity contribution in [3.8, 4) is 0 Å². The summed E-state index contributed by atoms with van der Waals surface area (Å²) in [5.74, 6) is 5.20. The molecule has 0 aliphatic heterocycles. The molecule has 4 nitrogen and oxygen atoms in total. The van der Waals surface area contributed by atoms with Crippen LogP contribution in [0.2, 0.25) is 6.32 Å². The molecule has 0 bridgehead atoms. The van der Waals surface area contributed by atoms with E-state index in [0.717, 1.165) is 72.2 Å². The van der Waals surface area contributed by atoms with Crippen LogP contribution in [0.15, 0.2) is 11.6 Å². The van der Waals surface area contributed by atoms with Gasteiger partial charge in [0.15, 0.2) is 0 Å². The number of carbonyl (C=O) groups is 1. The predicted octanol–water partition coefficient (Wildman–Crippen LogP) is 4.25. The van der Waals surface area contributed by atoms with E-state index in [0.29, 0.717) is 10.8 Å². The van der Waals surface area contributed by atoms with E-state index in [-0.39, 0.29) is 33.4 Å². The van der Waals surface area contributed by atoms with Crippen LogP contribution >= 0.6 is 0 Å². The van der Waals surface area contributed by atoms with E-state index in [2.05, 4.69) is 53.3 Å². The van der Waals surface area contributed by atoms with E-state index in [1.807, 2.05) is 0 Å². The molecule has 6 heteroatoms. The third-order valence-corrected chi connectivity index (χ3v) is 14.2. The number of alkyl carbamates (subject to hydrolysis) is 1. The number of rotatable bonds is 13. The van der Waals surface area contributed by atoms with Gasteiger partial charge in [-0.25, -0.2) is 0 Å². The van der Waals surface area contributed by atoms with Crippen LogP contribution in [-0.2, 0) is 4.74 Å². The van der Waals surface area contributed by atoms with Crippen molar-refractivity contribution in [1.82, 2.24) is 5.32 Å². The number of hydrogen-bond acceptors (Lipinski definition) is 3. The Morgan fingerprint density at radius 1 is 1.15 bits per heavy atom. The maximum absolute atomic E-state index is 12.5. The van der Waals surface area contributed by atoms with Gasteiger partial charge in [0.1, 0.15) is 0 Å². The zero-order valence-electron chi connectivity index (χ0n) is 25.8. The first-order chi connectivity index (χ1) is 18.7. The minimum Gasteiger partial charge on any atom is -0.0591 e. The Hall–Kier alpha value is -0.235. The molecule has 0 saturated heterocycles. The first kappa shape index (κ1) is 31.7. The average Bonchev–Trinajstić information content (AvgIpc) is 3.25. The van der Waals surface area contributed by atoms with Gasteiger partial charge in [-0.15, -0.1) is 0 Å². The molecule has 1 radical (unpaired) electrons. The molecule has 4 rings (SSSR count). The number of amides is 1. The number of fused-ring (bicyclic) bond motifs is 5. The van der Waals surface area contributed by atoms with Gasteiger partial charge in [-0.1, -0.05) is 47.0 Å². The summed E-state index contributed by atoms with van der Waals surface area (Å²) < 4.78 is 8.22. The third-order valence-electron chi connectivity index (χ3n) is 11.6. The van der Waals surface area contributed by atoms with Gasteiger partial charge in [0.2, 0.25) is 0 Å². The van der Waals surface area contributed by atoms with Crippen LogP contribution < -0.4 is 32.3 Å².